The average molecular weight is 532 g/mol. The van der Waals surface area contributed by atoms with Gasteiger partial charge in [-0.3, -0.25) is 14.4 Å². The number of hydrogen-bond acceptors (Lipinski definition) is 4. The Hall–Kier alpha value is -4.20. The maximum absolute atomic E-state index is 13.7. The highest BCUT2D eigenvalue weighted by Crippen LogP contribution is 2.43. The van der Waals surface area contributed by atoms with Crippen LogP contribution < -0.4 is 16.4 Å². The summed E-state index contributed by atoms with van der Waals surface area (Å²) in [5.74, 6) is -2.74. The van der Waals surface area contributed by atoms with Gasteiger partial charge in [0.1, 0.15) is 11.6 Å². The zero-order chi connectivity index (χ0) is 27.9. The van der Waals surface area contributed by atoms with E-state index < -0.39 is 41.4 Å². The number of hydrogen-bond donors (Lipinski definition) is 3. The lowest BCUT2D eigenvalue weighted by atomic mass is 9.71. The van der Waals surface area contributed by atoms with Crippen molar-refractivity contribution in [1.29, 1.82) is 0 Å². The molecule has 4 atom stereocenters. The van der Waals surface area contributed by atoms with Crippen LogP contribution in [0.15, 0.2) is 78.9 Å². The van der Waals surface area contributed by atoms with Crippen molar-refractivity contribution in [2.24, 2.45) is 29.2 Å². The van der Waals surface area contributed by atoms with Gasteiger partial charge in [-0.15, -0.1) is 0 Å². The van der Waals surface area contributed by atoms with E-state index in [1.165, 1.54) is 12.1 Å². The van der Waals surface area contributed by atoms with Crippen molar-refractivity contribution >= 4 is 23.4 Å². The summed E-state index contributed by atoms with van der Waals surface area (Å²) in [4.78, 5) is 39.8. The van der Waals surface area contributed by atoms with Gasteiger partial charge < -0.3 is 21.5 Å². The van der Waals surface area contributed by atoms with Crippen LogP contribution in [-0.2, 0) is 27.2 Å². The van der Waals surface area contributed by atoms with E-state index in [0.717, 1.165) is 11.1 Å². The van der Waals surface area contributed by atoms with Gasteiger partial charge in [-0.2, -0.15) is 0 Å². The number of phenolic OH excluding ortho intramolecular Hbond substituents is 1. The number of aryl methyl sites for hydroxylation is 1. The van der Waals surface area contributed by atoms with Gasteiger partial charge in [-0.1, -0.05) is 42.5 Å². The fraction of sp³-hybridized carbons (Fsp3) is 0.323. The molecule has 39 heavy (non-hydrogen) atoms. The highest BCUT2D eigenvalue weighted by atomic mass is 19.1. The molecule has 3 aromatic carbocycles. The van der Waals surface area contributed by atoms with E-state index in [0.29, 0.717) is 31.4 Å². The Balaban J connectivity index is 1.59. The van der Waals surface area contributed by atoms with E-state index in [9.17, 15) is 23.9 Å². The number of carbonyl (C=O) groups is 3. The van der Waals surface area contributed by atoms with Crippen molar-refractivity contribution in [3.63, 3.8) is 0 Å². The molecule has 5 N–H and O–H groups in total. The third kappa shape index (κ3) is 7.02. The third-order valence-corrected chi connectivity index (χ3v) is 7.52. The summed E-state index contributed by atoms with van der Waals surface area (Å²) >= 11 is 0. The third-order valence-electron chi connectivity index (χ3n) is 7.52. The molecule has 204 valence electrons. The zero-order valence-corrected chi connectivity index (χ0v) is 21.7. The minimum Gasteiger partial charge on any atom is -0.508 e. The molecule has 1 aliphatic rings. The first-order chi connectivity index (χ1) is 18.7. The molecule has 4 unspecified atom stereocenters. The molecule has 3 aromatic rings. The van der Waals surface area contributed by atoms with Crippen LogP contribution in [0.1, 0.15) is 36.8 Å². The van der Waals surface area contributed by atoms with Crippen LogP contribution in [0.2, 0.25) is 0 Å². The second-order valence-electron chi connectivity index (χ2n) is 10.3. The van der Waals surface area contributed by atoms with Crippen molar-refractivity contribution in [3.8, 4) is 5.75 Å². The normalized spacial score (nSPS) is 18.3. The molecular weight excluding hydrogens is 497 g/mol. The standard InChI is InChI=1S/C31H34FN3O4/c32-24-12-14-25(15-13-24)35-29(27(31(35)39)11-5-9-21-8-4-10-26(36)17-21)22(19-28(33)37)18-23(30(34)38)16-20-6-2-1-3-7-20/h1-4,6-8,10,12-15,17,22-23,27,29,36H,5,9,11,16,18-19H2,(H2,33,37)(H2,34,38). The first kappa shape index (κ1) is 27.8. The Morgan fingerprint density at radius 1 is 0.949 bits per heavy atom. The van der Waals surface area contributed by atoms with Gasteiger partial charge in [0.2, 0.25) is 17.7 Å². The maximum atomic E-state index is 13.7. The summed E-state index contributed by atoms with van der Waals surface area (Å²) < 4.78 is 13.7. The lowest BCUT2D eigenvalue weighted by Crippen LogP contribution is -2.65. The molecule has 0 saturated carbocycles. The van der Waals surface area contributed by atoms with E-state index in [2.05, 4.69) is 0 Å². The number of halogens is 1. The summed E-state index contributed by atoms with van der Waals surface area (Å²) in [5.41, 5.74) is 13.9. The number of primary amides is 2. The van der Waals surface area contributed by atoms with Crippen molar-refractivity contribution in [1.82, 2.24) is 0 Å². The predicted molar refractivity (Wildman–Crippen MR) is 147 cm³/mol. The minimum absolute atomic E-state index is 0.0166. The summed E-state index contributed by atoms with van der Waals surface area (Å²) in [6, 6.07) is 21.8. The van der Waals surface area contributed by atoms with Crippen LogP contribution in [0, 0.1) is 23.6 Å². The van der Waals surface area contributed by atoms with Crippen molar-refractivity contribution in [2.75, 3.05) is 4.90 Å². The average Bonchev–Trinajstić information content (AvgIpc) is 2.90. The van der Waals surface area contributed by atoms with Crippen molar-refractivity contribution in [2.45, 2.75) is 44.6 Å². The van der Waals surface area contributed by atoms with Gasteiger partial charge in [0.15, 0.2) is 0 Å². The van der Waals surface area contributed by atoms with Crippen LogP contribution >= 0.6 is 0 Å². The monoisotopic (exact) mass is 531 g/mol. The molecule has 4 rings (SSSR count). The van der Waals surface area contributed by atoms with Crippen LogP contribution in [0.5, 0.6) is 5.75 Å². The molecule has 1 fully saturated rings. The number of aromatic hydroxyl groups is 1. The smallest absolute Gasteiger partial charge is 0.232 e. The minimum atomic E-state index is -0.560. The Kier molecular flexibility index (Phi) is 8.96. The Morgan fingerprint density at radius 3 is 2.28 bits per heavy atom. The summed E-state index contributed by atoms with van der Waals surface area (Å²) in [7, 11) is 0. The SMILES string of the molecule is NC(=O)CC(CC(Cc1ccccc1)C(N)=O)C1C(CCCc2cccc(O)c2)C(=O)N1c1ccc(F)cc1. The number of β-lactam (4-membered cyclic amide) rings is 1. The highest BCUT2D eigenvalue weighted by Gasteiger charge is 2.51. The molecule has 0 radical (unpaired) electrons. The molecule has 0 aromatic heterocycles. The second kappa shape index (κ2) is 12.6. The van der Waals surface area contributed by atoms with Crippen LogP contribution in [-0.4, -0.2) is 28.9 Å². The quantitative estimate of drug-likeness (QED) is 0.287. The number of rotatable bonds is 13. The maximum Gasteiger partial charge on any atom is 0.232 e. The topological polar surface area (TPSA) is 127 Å². The Bertz CT molecular complexity index is 1300. The number of phenols is 1. The predicted octanol–water partition coefficient (Wildman–Crippen LogP) is 4.11. The van der Waals surface area contributed by atoms with E-state index in [4.69, 9.17) is 11.5 Å². The lowest BCUT2D eigenvalue weighted by Gasteiger charge is -2.51. The molecule has 1 heterocycles. The number of amides is 3. The largest absolute Gasteiger partial charge is 0.508 e. The molecule has 0 spiro atoms. The van der Waals surface area contributed by atoms with E-state index in [1.54, 1.807) is 35.2 Å². The molecule has 7 nitrogen and oxygen atoms in total. The number of benzene rings is 3. The van der Waals surface area contributed by atoms with Crippen molar-refractivity contribution < 1.29 is 23.9 Å². The Labute approximate surface area is 227 Å². The summed E-state index contributed by atoms with van der Waals surface area (Å²) in [5, 5.41) is 9.77. The number of anilines is 1. The van der Waals surface area contributed by atoms with E-state index in [-0.39, 0.29) is 24.5 Å². The lowest BCUT2D eigenvalue weighted by molar-refractivity contribution is -0.134. The highest BCUT2D eigenvalue weighted by molar-refractivity contribution is 6.03. The first-order valence-electron chi connectivity index (χ1n) is 13.2. The number of carbonyl (C=O) groups excluding carboxylic acids is 3. The van der Waals surface area contributed by atoms with E-state index in [1.807, 2.05) is 36.4 Å². The summed E-state index contributed by atoms with van der Waals surface area (Å²) in [6.45, 7) is 0. The van der Waals surface area contributed by atoms with Crippen molar-refractivity contribution in [3.05, 3.63) is 95.8 Å². The van der Waals surface area contributed by atoms with Gasteiger partial charge in [-0.25, -0.2) is 4.39 Å². The molecule has 0 aliphatic carbocycles. The molecular formula is C31H34FN3O4. The summed E-state index contributed by atoms with van der Waals surface area (Å²) in [6.07, 6.45) is 2.57. The number of nitrogens with two attached hydrogens (primary N) is 2. The van der Waals surface area contributed by atoms with Gasteiger partial charge in [-0.05, 0) is 85.5 Å². The van der Waals surface area contributed by atoms with Gasteiger partial charge in [0.25, 0.3) is 0 Å². The molecule has 1 saturated heterocycles. The van der Waals surface area contributed by atoms with Crippen LogP contribution in [0.25, 0.3) is 0 Å². The molecule has 3 amide bonds. The van der Waals surface area contributed by atoms with Gasteiger partial charge in [0.05, 0.1) is 12.0 Å². The van der Waals surface area contributed by atoms with E-state index >= 15 is 0 Å². The van der Waals surface area contributed by atoms with Gasteiger partial charge >= 0.3 is 0 Å². The Morgan fingerprint density at radius 2 is 1.64 bits per heavy atom. The van der Waals surface area contributed by atoms with Crippen LogP contribution in [0.4, 0.5) is 10.1 Å². The fourth-order valence-corrected chi connectivity index (χ4v) is 5.71. The molecule has 1 aliphatic heterocycles. The second-order valence-corrected chi connectivity index (χ2v) is 10.3. The molecule has 0 bridgehead atoms. The van der Waals surface area contributed by atoms with Crippen LogP contribution in [0.3, 0.4) is 0 Å². The first-order valence-corrected chi connectivity index (χ1v) is 13.2. The number of nitrogens with zero attached hydrogens (tertiary/aromatic N) is 1. The molecule has 8 heteroatoms. The fourth-order valence-electron chi connectivity index (χ4n) is 5.71. The zero-order valence-electron chi connectivity index (χ0n) is 21.7. The van der Waals surface area contributed by atoms with Gasteiger partial charge in [0, 0.05) is 18.0 Å².